The second-order valence-corrected chi connectivity index (χ2v) is 7.19. The third-order valence-electron chi connectivity index (χ3n) is 4.01. The molecule has 3 rings (SSSR count). The zero-order valence-corrected chi connectivity index (χ0v) is 15.9. The molecule has 29 heavy (non-hydrogen) atoms. The normalized spacial score (nSPS) is 11.1. The highest BCUT2D eigenvalue weighted by molar-refractivity contribution is 8.00. The average Bonchev–Trinajstić information content (AvgIpc) is 2.72. The van der Waals surface area contributed by atoms with Gasteiger partial charge in [-0.25, -0.2) is 0 Å². The molecule has 3 nitrogen and oxygen atoms in total. The van der Waals surface area contributed by atoms with Crippen LogP contribution >= 0.6 is 11.8 Å². The van der Waals surface area contributed by atoms with Gasteiger partial charge < -0.3 is 5.32 Å². The van der Waals surface area contributed by atoms with Crippen LogP contribution in [0.15, 0.2) is 83.8 Å². The Kier molecular flexibility index (Phi) is 6.39. The molecule has 1 amide bonds. The van der Waals surface area contributed by atoms with Gasteiger partial charge >= 0.3 is 6.18 Å². The number of ketones is 1. The minimum absolute atomic E-state index is 0.0329. The van der Waals surface area contributed by atoms with Crippen molar-refractivity contribution in [2.45, 2.75) is 11.1 Å². The van der Waals surface area contributed by atoms with E-state index in [-0.39, 0.29) is 17.2 Å². The lowest BCUT2D eigenvalue weighted by Gasteiger charge is -2.10. The summed E-state index contributed by atoms with van der Waals surface area (Å²) in [7, 11) is 0. The first-order valence-corrected chi connectivity index (χ1v) is 9.61. The highest BCUT2D eigenvalue weighted by Crippen LogP contribution is 2.30. The lowest BCUT2D eigenvalue weighted by atomic mass is 10.1. The summed E-state index contributed by atoms with van der Waals surface area (Å²) in [4.78, 5) is 25.3. The van der Waals surface area contributed by atoms with Gasteiger partial charge in [0.1, 0.15) is 0 Å². The number of anilines is 1. The predicted molar refractivity (Wildman–Crippen MR) is 107 cm³/mol. The molecule has 0 fully saturated rings. The van der Waals surface area contributed by atoms with E-state index in [1.54, 1.807) is 48.5 Å². The molecule has 7 heteroatoms. The van der Waals surface area contributed by atoms with Crippen molar-refractivity contribution in [1.82, 2.24) is 0 Å². The van der Waals surface area contributed by atoms with Gasteiger partial charge in [0.2, 0.25) is 0 Å². The first-order valence-electron chi connectivity index (χ1n) is 8.62. The molecule has 0 unspecified atom stereocenters. The summed E-state index contributed by atoms with van der Waals surface area (Å²) >= 11 is 1.29. The van der Waals surface area contributed by atoms with Gasteiger partial charge in [-0.2, -0.15) is 13.2 Å². The van der Waals surface area contributed by atoms with E-state index in [1.807, 2.05) is 6.07 Å². The molecule has 0 radical (unpaired) electrons. The average molecular weight is 415 g/mol. The number of rotatable bonds is 6. The zero-order chi connectivity index (χ0) is 20.9. The van der Waals surface area contributed by atoms with Crippen molar-refractivity contribution in [1.29, 1.82) is 0 Å². The number of nitrogens with one attached hydrogen (secondary N) is 1. The molecule has 0 aromatic heterocycles. The summed E-state index contributed by atoms with van der Waals surface area (Å²) in [6.07, 6.45) is -4.48. The van der Waals surface area contributed by atoms with Crippen LogP contribution in [0, 0.1) is 0 Å². The van der Waals surface area contributed by atoms with Crippen molar-refractivity contribution in [3.05, 3.63) is 95.6 Å². The van der Waals surface area contributed by atoms with Gasteiger partial charge in [0.15, 0.2) is 5.78 Å². The van der Waals surface area contributed by atoms with Crippen LogP contribution in [0.1, 0.15) is 26.3 Å². The van der Waals surface area contributed by atoms with Crippen LogP contribution < -0.4 is 5.32 Å². The molecule has 0 atom stereocenters. The van der Waals surface area contributed by atoms with Gasteiger partial charge in [0, 0.05) is 21.7 Å². The molecular weight excluding hydrogens is 399 g/mol. The quantitative estimate of drug-likeness (QED) is 0.401. The minimum Gasteiger partial charge on any atom is -0.322 e. The standard InChI is InChI=1S/C22H16F3NO2S/c23-22(24,25)17-9-5-10-18(13-17)26-21(28)16-8-4-11-19(12-16)29-14-20(27)15-6-2-1-3-7-15/h1-13H,14H2,(H,26,28). The minimum atomic E-state index is -4.48. The van der Waals surface area contributed by atoms with Crippen LogP contribution in [-0.4, -0.2) is 17.4 Å². The SMILES string of the molecule is O=C(CSc1cccc(C(=O)Nc2cccc(C(F)(F)F)c2)c1)c1ccccc1. The van der Waals surface area contributed by atoms with Crippen LogP contribution in [0.25, 0.3) is 0 Å². The first kappa shape index (κ1) is 20.7. The fraction of sp³-hybridized carbons (Fsp3) is 0.0909. The number of hydrogen-bond acceptors (Lipinski definition) is 3. The molecule has 0 aliphatic rings. The molecule has 3 aromatic carbocycles. The van der Waals surface area contributed by atoms with E-state index >= 15 is 0 Å². The van der Waals surface area contributed by atoms with Crippen LogP contribution in [-0.2, 0) is 6.18 Å². The number of carbonyl (C=O) groups is 2. The molecule has 0 saturated carbocycles. The van der Waals surface area contributed by atoms with E-state index < -0.39 is 17.6 Å². The predicted octanol–water partition coefficient (Wildman–Crippen LogP) is 5.93. The van der Waals surface area contributed by atoms with Crippen molar-refractivity contribution < 1.29 is 22.8 Å². The van der Waals surface area contributed by atoms with Crippen molar-refractivity contribution in [3.63, 3.8) is 0 Å². The van der Waals surface area contributed by atoms with Gasteiger partial charge in [0.25, 0.3) is 5.91 Å². The first-order chi connectivity index (χ1) is 13.8. The fourth-order valence-corrected chi connectivity index (χ4v) is 3.41. The Bertz CT molecular complexity index is 1020. The summed E-state index contributed by atoms with van der Waals surface area (Å²) in [6.45, 7) is 0. The Balaban J connectivity index is 1.66. The summed E-state index contributed by atoms with van der Waals surface area (Å²) < 4.78 is 38.4. The lowest BCUT2D eigenvalue weighted by Crippen LogP contribution is -2.13. The number of hydrogen-bond donors (Lipinski definition) is 1. The monoisotopic (exact) mass is 415 g/mol. The molecule has 3 aromatic rings. The number of benzene rings is 3. The third-order valence-corrected chi connectivity index (χ3v) is 5.00. The van der Waals surface area contributed by atoms with Crippen molar-refractivity contribution >= 4 is 29.1 Å². The van der Waals surface area contributed by atoms with E-state index in [2.05, 4.69) is 5.32 Å². The molecular formula is C22H16F3NO2S. The lowest BCUT2D eigenvalue weighted by molar-refractivity contribution is -0.137. The third kappa shape index (κ3) is 5.71. The maximum Gasteiger partial charge on any atom is 0.416 e. The van der Waals surface area contributed by atoms with Gasteiger partial charge in [-0.05, 0) is 36.4 Å². The summed E-state index contributed by atoms with van der Waals surface area (Å²) in [5.41, 5.74) is 0.124. The van der Waals surface area contributed by atoms with Crippen LogP contribution in [0.3, 0.4) is 0 Å². The molecule has 1 N–H and O–H groups in total. The van der Waals surface area contributed by atoms with E-state index in [1.165, 1.54) is 23.9 Å². The van der Waals surface area contributed by atoms with Crippen LogP contribution in [0.4, 0.5) is 18.9 Å². The largest absolute Gasteiger partial charge is 0.416 e. The van der Waals surface area contributed by atoms with Gasteiger partial charge in [-0.3, -0.25) is 9.59 Å². The Labute approximate surface area is 169 Å². The van der Waals surface area contributed by atoms with E-state index in [4.69, 9.17) is 0 Å². The molecule has 148 valence electrons. The molecule has 0 heterocycles. The topological polar surface area (TPSA) is 46.2 Å². The second kappa shape index (κ2) is 8.96. The van der Waals surface area contributed by atoms with Crippen molar-refractivity contribution in [2.24, 2.45) is 0 Å². The maximum absolute atomic E-state index is 12.8. The van der Waals surface area contributed by atoms with Gasteiger partial charge in [-0.1, -0.05) is 42.5 Å². The zero-order valence-electron chi connectivity index (χ0n) is 15.1. The Morgan fingerprint density at radius 1 is 0.828 bits per heavy atom. The van der Waals surface area contributed by atoms with Crippen molar-refractivity contribution in [3.8, 4) is 0 Å². The molecule has 0 spiro atoms. The van der Waals surface area contributed by atoms with Crippen LogP contribution in [0.5, 0.6) is 0 Å². The molecule has 0 aliphatic carbocycles. The molecule has 0 bridgehead atoms. The van der Waals surface area contributed by atoms with Gasteiger partial charge in [-0.15, -0.1) is 11.8 Å². The smallest absolute Gasteiger partial charge is 0.322 e. The Morgan fingerprint density at radius 3 is 2.24 bits per heavy atom. The van der Waals surface area contributed by atoms with E-state index in [0.29, 0.717) is 16.0 Å². The Hall–Kier alpha value is -3.06. The Morgan fingerprint density at radius 2 is 1.52 bits per heavy atom. The number of carbonyl (C=O) groups excluding carboxylic acids is 2. The number of thioether (sulfide) groups is 1. The molecule has 0 aliphatic heterocycles. The number of amides is 1. The second-order valence-electron chi connectivity index (χ2n) is 6.14. The van der Waals surface area contributed by atoms with E-state index in [0.717, 1.165) is 12.1 Å². The van der Waals surface area contributed by atoms with Crippen molar-refractivity contribution in [2.75, 3.05) is 11.1 Å². The highest BCUT2D eigenvalue weighted by Gasteiger charge is 2.30. The number of alkyl halides is 3. The highest BCUT2D eigenvalue weighted by atomic mass is 32.2. The number of halogens is 3. The fourth-order valence-electron chi connectivity index (χ4n) is 2.56. The summed E-state index contributed by atoms with van der Waals surface area (Å²) in [5.74, 6) is -0.349. The summed E-state index contributed by atoms with van der Waals surface area (Å²) in [5, 5.41) is 2.47. The molecule has 0 saturated heterocycles. The summed E-state index contributed by atoms with van der Waals surface area (Å²) in [6, 6.07) is 19.9. The van der Waals surface area contributed by atoms with Gasteiger partial charge in [0.05, 0.1) is 11.3 Å². The van der Waals surface area contributed by atoms with Crippen LogP contribution in [0.2, 0.25) is 0 Å². The van der Waals surface area contributed by atoms with E-state index in [9.17, 15) is 22.8 Å². The maximum atomic E-state index is 12.8. The number of Topliss-reactive ketones (excluding diaryl/α,β-unsaturated/α-hetero) is 1.